The van der Waals surface area contributed by atoms with Crippen molar-refractivity contribution in [2.45, 2.75) is 31.6 Å². The number of fused-ring (bicyclic) bond motifs is 2. The van der Waals surface area contributed by atoms with Crippen LogP contribution in [0.1, 0.15) is 37.2 Å². The zero-order valence-electron chi connectivity index (χ0n) is 7.95. The predicted molar refractivity (Wildman–Crippen MR) is 54.6 cm³/mol. The van der Waals surface area contributed by atoms with E-state index in [2.05, 4.69) is 30.3 Å². The average molecular weight is 172 g/mol. The smallest absolute Gasteiger partial charge is 0.0131 e. The Bertz CT molecular complexity index is 288. The highest BCUT2D eigenvalue weighted by Gasteiger charge is 2.39. The zero-order chi connectivity index (χ0) is 8.67. The van der Waals surface area contributed by atoms with Crippen molar-refractivity contribution in [3.8, 4) is 0 Å². The van der Waals surface area contributed by atoms with Crippen LogP contribution < -0.4 is 0 Å². The number of benzene rings is 1. The Morgan fingerprint density at radius 1 is 0.923 bits per heavy atom. The van der Waals surface area contributed by atoms with Gasteiger partial charge in [-0.05, 0) is 42.6 Å². The van der Waals surface area contributed by atoms with E-state index in [0.717, 1.165) is 17.8 Å². The topological polar surface area (TPSA) is 0 Å². The molecule has 2 fully saturated rings. The molecule has 3 atom stereocenters. The SMILES string of the molecule is c1ccc(C2C[C@@H]3CC[C@H]2C3)cc1. The van der Waals surface area contributed by atoms with Crippen LogP contribution in [0.4, 0.5) is 0 Å². The maximum atomic E-state index is 2.31. The minimum Gasteiger partial charge on any atom is -0.0622 e. The molecule has 2 aliphatic rings. The molecule has 1 unspecified atom stereocenters. The summed E-state index contributed by atoms with van der Waals surface area (Å²) < 4.78 is 0. The third-order valence-electron chi connectivity index (χ3n) is 3.97. The molecule has 0 saturated heterocycles. The summed E-state index contributed by atoms with van der Waals surface area (Å²) in [4.78, 5) is 0. The normalized spacial score (nSPS) is 36.8. The maximum Gasteiger partial charge on any atom is -0.0131 e. The quantitative estimate of drug-likeness (QED) is 0.607. The van der Waals surface area contributed by atoms with Crippen LogP contribution in [0.15, 0.2) is 30.3 Å². The molecule has 0 aliphatic heterocycles. The van der Waals surface area contributed by atoms with Gasteiger partial charge in [-0.25, -0.2) is 0 Å². The van der Waals surface area contributed by atoms with Crippen LogP contribution in [0.3, 0.4) is 0 Å². The van der Waals surface area contributed by atoms with Gasteiger partial charge >= 0.3 is 0 Å². The van der Waals surface area contributed by atoms with Crippen molar-refractivity contribution in [3.63, 3.8) is 0 Å². The molecule has 3 rings (SSSR count). The first-order valence-corrected chi connectivity index (χ1v) is 5.48. The molecule has 0 spiro atoms. The number of hydrogen-bond acceptors (Lipinski definition) is 0. The lowest BCUT2D eigenvalue weighted by atomic mass is 9.84. The van der Waals surface area contributed by atoms with Gasteiger partial charge in [0, 0.05) is 0 Å². The third kappa shape index (κ3) is 1.20. The highest BCUT2D eigenvalue weighted by atomic mass is 14.4. The fourth-order valence-corrected chi connectivity index (χ4v) is 3.35. The van der Waals surface area contributed by atoms with Crippen LogP contribution >= 0.6 is 0 Å². The zero-order valence-corrected chi connectivity index (χ0v) is 7.95. The van der Waals surface area contributed by atoms with Crippen molar-refractivity contribution < 1.29 is 0 Å². The molecule has 2 bridgehead atoms. The van der Waals surface area contributed by atoms with Crippen molar-refractivity contribution in [2.75, 3.05) is 0 Å². The van der Waals surface area contributed by atoms with Crippen LogP contribution in [0, 0.1) is 11.8 Å². The van der Waals surface area contributed by atoms with E-state index in [1.165, 1.54) is 25.7 Å². The molecule has 2 aliphatic carbocycles. The molecule has 1 aromatic rings. The summed E-state index contributed by atoms with van der Waals surface area (Å²) in [5.41, 5.74) is 1.59. The summed E-state index contributed by atoms with van der Waals surface area (Å²) in [6.45, 7) is 0. The van der Waals surface area contributed by atoms with E-state index in [1.807, 2.05) is 0 Å². The van der Waals surface area contributed by atoms with Gasteiger partial charge in [-0.3, -0.25) is 0 Å². The lowest BCUT2D eigenvalue weighted by Crippen LogP contribution is -2.07. The molecule has 1 aromatic carbocycles. The van der Waals surface area contributed by atoms with Crippen LogP contribution in [0.5, 0.6) is 0 Å². The Morgan fingerprint density at radius 3 is 2.38 bits per heavy atom. The molecule has 0 nitrogen and oxygen atoms in total. The standard InChI is InChI=1S/C13H16/c1-2-4-11(5-3-1)13-9-10-6-7-12(13)8-10/h1-5,10,12-13H,6-9H2/t10-,12+,13?/m1/s1. The van der Waals surface area contributed by atoms with Gasteiger partial charge in [0.15, 0.2) is 0 Å². The van der Waals surface area contributed by atoms with Gasteiger partial charge in [0.25, 0.3) is 0 Å². The Balaban J connectivity index is 1.87. The van der Waals surface area contributed by atoms with Crippen LogP contribution in [0.2, 0.25) is 0 Å². The lowest BCUT2D eigenvalue weighted by Gasteiger charge is -2.21. The highest BCUT2D eigenvalue weighted by molar-refractivity contribution is 5.22. The molecule has 0 heterocycles. The second kappa shape index (κ2) is 2.87. The maximum absolute atomic E-state index is 2.31. The first-order valence-electron chi connectivity index (χ1n) is 5.48. The van der Waals surface area contributed by atoms with Crippen molar-refractivity contribution >= 4 is 0 Å². The summed E-state index contributed by atoms with van der Waals surface area (Å²) in [6, 6.07) is 11.1. The highest BCUT2D eigenvalue weighted by Crippen LogP contribution is 2.52. The summed E-state index contributed by atoms with van der Waals surface area (Å²) in [5, 5.41) is 0. The van der Waals surface area contributed by atoms with Crippen molar-refractivity contribution in [3.05, 3.63) is 35.9 Å². The van der Waals surface area contributed by atoms with E-state index in [-0.39, 0.29) is 0 Å². The molecule has 0 aromatic heterocycles. The summed E-state index contributed by atoms with van der Waals surface area (Å²) in [5.74, 6) is 2.99. The summed E-state index contributed by atoms with van der Waals surface area (Å²) >= 11 is 0. The van der Waals surface area contributed by atoms with Gasteiger partial charge < -0.3 is 0 Å². The van der Waals surface area contributed by atoms with Crippen molar-refractivity contribution in [2.24, 2.45) is 11.8 Å². The second-order valence-corrected chi connectivity index (χ2v) is 4.69. The fourth-order valence-electron chi connectivity index (χ4n) is 3.35. The Hall–Kier alpha value is -0.780. The average Bonchev–Trinajstić information content (AvgIpc) is 2.80. The Morgan fingerprint density at radius 2 is 1.77 bits per heavy atom. The van der Waals surface area contributed by atoms with E-state index in [1.54, 1.807) is 5.56 Å². The lowest BCUT2D eigenvalue weighted by molar-refractivity contribution is 0.420. The molecule has 68 valence electrons. The number of rotatable bonds is 1. The van der Waals surface area contributed by atoms with Crippen LogP contribution in [-0.4, -0.2) is 0 Å². The van der Waals surface area contributed by atoms with Crippen molar-refractivity contribution in [1.29, 1.82) is 0 Å². The fraction of sp³-hybridized carbons (Fsp3) is 0.538. The molecule has 0 heteroatoms. The Labute approximate surface area is 80.0 Å². The molecular weight excluding hydrogens is 156 g/mol. The molecule has 0 radical (unpaired) electrons. The predicted octanol–water partition coefficient (Wildman–Crippen LogP) is 3.59. The molecule has 0 amide bonds. The molecular formula is C13H16. The van der Waals surface area contributed by atoms with Gasteiger partial charge in [0.1, 0.15) is 0 Å². The van der Waals surface area contributed by atoms with E-state index in [4.69, 9.17) is 0 Å². The van der Waals surface area contributed by atoms with E-state index in [0.29, 0.717) is 0 Å². The largest absolute Gasteiger partial charge is 0.0622 e. The second-order valence-electron chi connectivity index (χ2n) is 4.69. The first-order chi connectivity index (χ1) is 6.43. The Kier molecular flexibility index (Phi) is 1.68. The summed E-state index contributed by atoms with van der Waals surface area (Å²) in [6.07, 6.45) is 5.98. The van der Waals surface area contributed by atoms with Crippen LogP contribution in [0.25, 0.3) is 0 Å². The molecule has 0 N–H and O–H groups in total. The van der Waals surface area contributed by atoms with Gasteiger partial charge in [-0.15, -0.1) is 0 Å². The first kappa shape index (κ1) is 7.61. The number of hydrogen-bond donors (Lipinski definition) is 0. The van der Waals surface area contributed by atoms with Gasteiger partial charge in [0.05, 0.1) is 0 Å². The minimum atomic E-state index is 0.903. The van der Waals surface area contributed by atoms with E-state index < -0.39 is 0 Å². The summed E-state index contributed by atoms with van der Waals surface area (Å²) in [7, 11) is 0. The van der Waals surface area contributed by atoms with Gasteiger partial charge in [-0.1, -0.05) is 36.8 Å². The minimum absolute atomic E-state index is 0.903. The molecule has 2 saturated carbocycles. The van der Waals surface area contributed by atoms with Gasteiger partial charge in [-0.2, -0.15) is 0 Å². The van der Waals surface area contributed by atoms with Gasteiger partial charge in [0.2, 0.25) is 0 Å². The molecule has 13 heavy (non-hydrogen) atoms. The van der Waals surface area contributed by atoms with Crippen molar-refractivity contribution in [1.82, 2.24) is 0 Å². The van der Waals surface area contributed by atoms with Crippen LogP contribution in [-0.2, 0) is 0 Å². The monoisotopic (exact) mass is 172 g/mol. The third-order valence-corrected chi connectivity index (χ3v) is 3.97. The van der Waals surface area contributed by atoms with E-state index >= 15 is 0 Å². The van der Waals surface area contributed by atoms with E-state index in [9.17, 15) is 0 Å².